The minimum absolute atomic E-state index is 0.0208. The van der Waals surface area contributed by atoms with E-state index in [4.69, 9.17) is 9.72 Å². The van der Waals surface area contributed by atoms with Gasteiger partial charge in [0.2, 0.25) is 0 Å². The fourth-order valence-electron chi connectivity index (χ4n) is 5.07. The molecule has 9 heteroatoms. The van der Waals surface area contributed by atoms with E-state index >= 15 is 0 Å². The highest BCUT2D eigenvalue weighted by atomic mass is 32.1. The summed E-state index contributed by atoms with van der Waals surface area (Å²) in [6.07, 6.45) is 6.29. The molecule has 3 heterocycles. The van der Waals surface area contributed by atoms with Crippen LogP contribution in [-0.4, -0.2) is 36.6 Å². The van der Waals surface area contributed by atoms with Crippen molar-refractivity contribution in [3.8, 4) is 27.8 Å². The van der Waals surface area contributed by atoms with E-state index in [2.05, 4.69) is 16.5 Å². The highest BCUT2D eigenvalue weighted by Gasteiger charge is 2.29. The molecule has 0 amide bonds. The Hall–Kier alpha value is -3.85. The summed E-state index contributed by atoms with van der Waals surface area (Å²) in [6.45, 7) is 7.05. The summed E-state index contributed by atoms with van der Waals surface area (Å²) in [5, 5.41) is 11.6. The van der Waals surface area contributed by atoms with Gasteiger partial charge in [-0.1, -0.05) is 38.0 Å². The maximum atomic E-state index is 12.0. The number of aromatic nitrogens is 4. The van der Waals surface area contributed by atoms with Gasteiger partial charge < -0.3 is 9.84 Å². The van der Waals surface area contributed by atoms with Crippen molar-refractivity contribution < 1.29 is 19.4 Å². The number of imidazole rings is 1. The molecule has 8 nitrogen and oxygen atoms in total. The van der Waals surface area contributed by atoms with Crippen LogP contribution in [0.2, 0.25) is 0 Å². The summed E-state index contributed by atoms with van der Waals surface area (Å²) in [5.74, 6) is -1.57. The molecule has 0 bridgehead atoms. The summed E-state index contributed by atoms with van der Waals surface area (Å²) < 4.78 is 6.90. The van der Waals surface area contributed by atoms with E-state index in [0.29, 0.717) is 5.69 Å². The highest BCUT2D eigenvalue weighted by molar-refractivity contribution is 7.15. The molecule has 0 spiro atoms. The van der Waals surface area contributed by atoms with Gasteiger partial charge in [0.15, 0.2) is 0 Å². The summed E-state index contributed by atoms with van der Waals surface area (Å²) in [4.78, 5) is 39.0. The number of ether oxygens (including phenoxy) is 1. The molecule has 190 valence electrons. The Labute approximate surface area is 218 Å². The number of hydrogen-bond acceptors (Lipinski definition) is 7. The number of carboxylic acid groups (broad SMARTS) is 1. The van der Waals surface area contributed by atoms with E-state index in [0.717, 1.165) is 75.2 Å². The lowest BCUT2D eigenvalue weighted by atomic mass is 9.85. The van der Waals surface area contributed by atoms with Gasteiger partial charge in [0, 0.05) is 22.9 Å². The lowest BCUT2D eigenvalue weighted by Gasteiger charge is -2.21. The number of carbonyl (C=O) groups excluding carboxylic acids is 1. The van der Waals surface area contributed by atoms with Gasteiger partial charge in [0.1, 0.15) is 6.54 Å². The zero-order valence-corrected chi connectivity index (χ0v) is 21.7. The van der Waals surface area contributed by atoms with Crippen molar-refractivity contribution in [2.45, 2.75) is 58.4 Å². The molecule has 1 aliphatic rings. The number of fused-ring (bicyclic) bond motifs is 1. The third-order valence-corrected chi connectivity index (χ3v) is 7.80. The van der Waals surface area contributed by atoms with Crippen LogP contribution in [0.5, 0.6) is 6.01 Å². The van der Waals surface area contributed by atoms with E-state index in [9.17, 15) is 14.7 Å². The van der Waals surface area contributed by atoms with Gasteiger partial charge >= 0.3 is 17.9 Å². The first-order valence-corrected chi connectivity index (χ1v) is 13.2. The molecular formula is C28H28N4O4S. The molecule has 0 unspecified atom stereocenters. The minimum atomic E-state index is -1.05. The van der Waals surface area contributed by atoms with E-state index in [-0.39, 0.29) is 18.5 Å². The molecule has 1 aromatic carbocycles. The van der Waals surface area contributed by atoms with Crippen LogP contribution in [0.1, 0.15) is 54.4 Å². The average molecular weight is 517 g/mol. The zero-order chi connectivity index (χ0) is 26.1. The van der Waals surface area contributed by atoms with E-state index in [1.165, 1.54) is 11.0 Å². The number of carboxylic acids is 1. The second-order valence-electron chi connectivity index (χ2n) is 9.32. The van der Waals surface area contributed by atoms with Gasteiger partial charge in [-0.3, -0.25) is 9.36 Å². The average Bonchev–Trinajstić information content (AvgIpc) is 3.42. The fraction of sp³-hybridized carbons (Fsp3) is 0.321. The molecule has 0 atom stereocenters. The third kappa shape index (κ3) is 5.04. The van der Waals surface area contributed by atoms with E-state index < -0.39 is 11.9 Å². The number of thiazole rings is 1. The van der Waals surface area contributed by atoms with Gasteiger partial charge in [-0.15, -0.1) is 11.3 Å². The number of aryl methyl sites for hydroxylation is 2. The second-order valence-corrected chi connectivity index (χ2v) is 10.5. The first kappa shape index (κ1) is 24.8. The molecule has 1 N–H and O–H groups in total. The monoisotopic (exact) mass is 516 g/mol. The SMILES string of the molecule is C=CC(=O)Oc1nc(C2CCCCC2)c(-c2ccc3nc(-c4sc(C)nc4C)ccc3c2)n1CC(=O)O. The first-order valence-electron chi connectivity index (χ1n) is 12.4. The summed E-state index contributed by atoms with van der Waals surface area (Å²) in [7, 11) is 0. The van der Waals surface area contributed by atoms with Crippen LogP contribution in [0, 0.1) is 13.8 Å². The number of carbonyl (C=O) groups is 2. The van der Waals surface area contributed by atoms with Gasteiger partial charge in [-0.2, -0.15) is 4.98 Å². The third-order valence-electron chi connectivity index (χ3n) is 6.70. The van der Waals surface area contributed by atoms with Crippen LogP contribution in [0.3, 0.4) is 0 Å². The number of nitrogens with zero attached hydrogens (tertiary/aromatic N) is 4. The number of aliphatic carboxylic acids is 1. The number of esters is 1. The van der Waals surface area contributed by atoms with Crippen LogP contribution in [0.25, 0.3) is 32.7 Å². The fourth-order valence-corrected chi connectivity index (χ4v) is 5.96. The van der Waals surface area contributed by atoms with Crippen LogP contribution >= 0.6 is 11.3 Å². The molecule has 5 rings (SSSR count). The summed E-state index contributed by atoms with van der Waals surface area (Å²) >= 11 is 1.62. The Morgan fingerprint density at radius 2 is 1.92 bits per heavy atom. The number of pyridine rings is 1. The maximum absolute atomic E-state index is 12.0. The van der Waals surface area contributed by atoms with Crippen molar-refractivity contribution in [2.75, 3.05) is 0 Å². The van der Waals surface area contributed by atoms with Gasteiger partial charge in [-0.25, -0.2) is 14.8 Å². The maximum Gasteiger partial charge on any atom is 0.337 e. The Bertz CT molecular complexity index is 1510. The number of benzene rings is 1. The summed E-state index contributed by atoms with van der Waals surface area (Å²) in [6, 6.07) is 9.86. The summed E-state index contributed by atoms with van der Waals surface area (Å²) in [5.41, 5.74) is 4.91. The van der Waals surface area contributed by atoms with Crippen molar-refractivity contribution in [3.63, 3.8) is 0 Å². The molecular weight excluding hydrogens is 488 g/mol. The Balaban J connectivity index is 1.64. The Morgan fingerprint density at radius 3 is 2.59 bits per heavy atom. The molecule has 1 aliphatic carbocycles. The van der Waals surface area contributed by atoms with Crippen LogP contribution in [0.15, 0.2) is 43.0 Å². The van der Waals surface area contributed by atoms with E-state index in [1.807, 2.05) is 44.2 Å². The molecule has 1 fully saturated rings. The molecule has 4 aromatic rings. The quantitative estimate of drug-likeness (QED) is 0.235. The molecule has 0 radical (unpaired) electrons. The lowest BCUT2D eigenvalue weighted by molar-refractivity contribution is -0.138. The van der Waals surface area contributed by atoms with Crippen LogP contribution in [0.4, 0.5) is 0 Å². The lowest BCUT2D eigenvalue weighted by Crippen LogP contribution is -2.15. The largest absolute Gasteiger partial charge is 0.480 e. The van der Waals surface area contributed by atoms with Crippen LogP contribution in [-0.2, 0) is 16.1 Å². The van der Waals surface area contributed by atoms with Crippen molar-refractivity contribution in [1.82, 2.24) is 19.5 Å². The van der Waals surface area contributed by atoms with Crippen molar-refractivity contribution >= 4 is 34.2 Å². The standard InChI is InChI=1S/C28H28N4O4S/c1-4-24(35)36-28-31-25(18-8-6-5-7-9-18)26(32(28)15-23(33)34)20-11-12-21-19(14-20)10-13-22(30-21)27-16(2)29-17(3)37-27/h4,10-14,18H,1,5-9,15H2,2-3H3,(H,33,34). The topological polar surface area (TPSA) is 107 Å². The number of rotatable bonds is 7. The van der Waals surface area contributed by atoms with Gasteiger partial charge in [0.05, 0.1) is 38.2 Å². The molecule has 0 aliphatic heterocycles. The van der Waals surface area contributed by atoms with Gasteiger partial charge in [-0.05, 0) is 44.9 Å². The van der Waals surface area contributed by atoms with Gasteiger partial charge in [0.25, 0.3) is 0 Å². The predicted octanol–water partition coefficient (Wildman–Crippen LogP) is 6.06. The highest BCUT2D eigenvalue weighted by Crippen LogP contribution is 2.41. The van der Waals surface area contributed by atoms with Crippen molar-refractivity contribution in [1.29, 1.82) is 0 Å². The molecule has 3 aromatic heterocycles. The minimum Gasteiger partial charge on any atom is -0.480 e. The molecule has 1 saturated carbocycles. The molecule has 0 saturated heterocycles. The zero-order valence-electron chi connectivity index (χ0n) is 20.9. The van der Waals surface area contributed by atoms with Crippen LogP contribution < -0.4 is 4.74 Å². The van der Waals surface area contributed by atoms with Crippen molar-refractivity contribution in [2.24, 2.45) is 0 Å². The smallest absolute Gasteiger partial charge is 0.337 e. The normalized spacial score (nSPS) is 14.1. The predicted molar refractivity (Wildman–Crippen MR) is 143 cm³/mol. The second kappa shape index (κ2) is 10.3. The van der Waals surface area contributed by atoms with E-state index in [1.54, 1.807) is 11.3 Å². The van der Waals surface area contributed by atoms with Crippen molar-refractivity contribution in [3.05, 3.63) is 59.4 Å². The first-order chi connectivity index (χ1) is 17.8. The molecule has 37 heavy (non-hydrogen) atoms. The number of hydrogen-bond donors (Lipinski definition) is 1. The Kier molecular flexibility index (Phi) is 6.88. The Morgan fingerprint density at radius 1 is 1.14 bits per heavy atom.